The maximum atomic E-state index is 14.2. The minimum Gasteiger partial charge on any atom is -0.488 e. The number of aromatic nitrogens is 1. The van der Waals surface area contributed by atoms with E-state index in [9.17, 15) is 13.6 Å². The van der Waals surface area contributed by atoms with Crippen LogP contribution in [0.3, 0.4) is 0 Å². The molecular formula is C20H21F2NO4. The molecule has 0 aliphatic heterocycles. The maximum absolute atomic E-state index is 14.2. The van der Waals surface area contributed by atoms with Crippen molar-refractivity contribution in [1.29, 1.82) is 0 Å². The van der Waals surface area contributed by atoms with Crippen molar-refractivity contribution >= 4 is 5.97 Å². The quantitative estimate of drug-likeness (QED) is 0.620. The summed E-state index contributed by atoms with van der Waals surface area (Å²) in [5.41, 5.74) is 0.671. The van der Waals surface area contributed by atoms with E-state index < -0.39 is 23.4 Å². The zero-order chi connectivity index (χ0) is 19.2. The SMILES string of the molecule is O=C(O)CCCOc1c(F)cc(-c2cccc(OCCC3CC3)n2)cc1F. The summed E-state index contributed by atoms with van der Waals surface area (Å²) in [6.07, 6.45) is 3.53. The predicted octanol–water partition coefficient (Wildman–Crippen LogP) is 4.45. The number of carboxylic acids is 1. The van der Waals surface area contributed by atoms with Gasteiger partial charge in [0.15, 0.2) is 17.4 Å². The topological polar surface area (TPSA) is 68.7 Å². The monoisotopic (exact) mass is 377 g/mol. The molecule has 7 heteroatoms. The van der Waals surface area contributed by atoms with Crippen molar-refractivity contribution in [3.63, 3.8) is 0 Å². The first-order chi connectivity index (χ1) is 13.0. The van der Waals surface area contributed by atoms with Gasteiger partial charge in [0.25, 0.3) is 0 Å². The molecule has 0 atom stereocenters. The van der Waals surface area contributed by atoms with Crippen molar-refractivity contribution in [2.24, 2.45) is 5.92 Å². The van der Waals surface area contributed by atoms with Crippen molar-refractivity contribution in [3.8, 4) is 22.9 Å². The van der Waals surface area contributed by atoms with Crippen molar-refractivity contribution in [1.82, 2.24) is 4.98 Å². The molecule has 0 spiro atoms. The molecule has 1 aromatic heterocycles. The van der Waals surface area contributed by atoms with Crippen LogP contribution in [0.2, 0.25) is 0 Å². The van der Waals surface area contributed by atoms with Gasteiger partial charge >= 0.3 is 5.97 Å². The molecule has 1 aliphatic carbocycles. The fourth-order valence-electron chi connectivity index (χ4n) is 2.64. The van der Waals surface area contributed by atoms with Crippen LogP contribution in [0.5, 0.6) is 11.6 Å². The lowest BCUT2D eigenvalue weighted by Gasteiger charge is -2.11. The Morgan fingerprint density at radius 3 is 2.56 bits per heavy atom. The molecule has 1 fully saturated rings. The Kier molecular flexibility index (Phi) is 6.21. The van der Waals surface area contributed by atoms with Gasteiger partial charge in [-0.3, -0.25) is 4.79 Å². The van der Waals surface area contributed by atoms with Crippen LogP contribution in [0, 0.1) is 17.6 Å². The van der Waals surface area contributed by atoms with Crippen LogP contribution in [0.1, 0.15) is 32.1 Å². The Morgan fingerprint density at radius 2 is 1.89 bits per heavy atom. The summed E-state index contributed by atoms with van der Waals surface area (Å²) in [6, 6.07) is 7.37. The molecule has 0 unspecified atom stereocenters. The highest BCUT2D eigenvalue weighted by atomic mass is 19.1. The lowest BCUT2D eigenvalue weighted by atomic mass is 10.1. The molecular weight excluding hydrogens is 356 g/mol. The van der Waals surface area contributed by atoms with Crippen LogP contribution in [0.4, 0.5) is 8.78 Å². The summed E-state index contributed by atoms with van der Waals surface area (Å²) in [6.45, 7) is 0.495. The number of nitrogens with zero attached hydrogens (tertiary/aromatic N) is 1. The molecule has 0 bridgehead atoms. The Balaban J connectivity index is 1.66. The van der Waals surface area contributed by atoms with Crippen LogP contribution in [-0.2, 0) is 4.79 Å². The summed E-state index contributed by atoms with van der Waals surface area (Å²) in [5.74, 6) is -2.05. The second-order valence-corrected chi connectivity index (χ2v) is 6.56. The van der Waals surface area contributed by atoms with E-state index in [4.69, 9.17) is 14.6 Å². The first kappa shape index (κ1) is 19.1. The molecule has 1 saturated carbocycles. The van der Waals surface area contributed by atoms with Gasteiger partial charge in [-0.05, 0) is 37.0 Å². The predicted molar refractivity (Wildman–Crippen MR) is 94.8 cm³/mol. The fraction of sp³-hybridized carbons (Fsp3) is 0.400. The number of aliphatic carboxylic acids is 1. The number of halogens is 2. The Bertz CT molecular complexity index is 785. The van der Waals surface area contributed by atoms with Gasteiger partial charge < -0.3 is 14.6 Å². The number of rotatable bonds is 10. The molecule has 27 heavy (non-hydrogen) atoms. The van der Waals surface area contributed by atoms with E-state index in [-0.39, 0.29) is 25.0 Å². The standard InChI is InChI=1S/C20H21F2NO4/c21-15-11-14(12-16(22)20(15)27-9-2-5-19(24)25)17-3-1-4-18(23-17)26-10-8-13-6-7-13/h1,3-4,11-13H,2,5-10H2,(H,24,25). The summed E-state index contributed by atoms with van der Waals surface area (Å²) in [7, 11) is 0. The van der Waals surface area contributed by atoms with Crippen LogP contribution >= 0.6 is 0 Å². The average molecular weight is 377 g/mol. The average Bonchev–Trinajstić information content (AvgIpc) is 3.44. The number of ether oxygens (including phenoxy) is 2. The molecule has 1 N–H and O–H groups in total. The third-order valence-electron chi connectivity index (χ3n) is 4.27. The lowest BCUT2D eigenvalue weighted by molar-refractivity contribution is -0.137. The number of pyridine rings is 1. The van der Waals surface area contributed by atoms with Crippen LogP contribution in [-0.4, -0.2) is 29.3 Å². The minimum atomic E-state index is -0.986. The van der Waals surface area contributed by atoms with Gasteiger partial charge in [-0.25, -0.2) is 13.8 Å². The lowest BCUT2D eigenvalue weighted by Crippen LogP contribution is -2.05. The van der Waals surface area contributed by atoms with Gasteiger partial charge in [0.05, 0.1) is 18.9 Å². The fourth-order valence-corrected chi connectivity index (χ4v) is 2.64. The second kappa shape index (κ2) is 8.79. The number of hydrogen-bond donors (Lipinski definition) is 1. The molecule has 144 valence electrons. The highest BCUT2D eigenvalue weighted by molar-refractivity contribution is 5.66. The number of carbonyl (C=O) groups is 1. The van der Waals surface area contributed by atoms with E-state index >= 15 is 0 Å². The van der Waals surface area contributed by atoms with Crippen molar-refractivity contribution in [2.75, 3.05) is 13.2 Å². The Labute approximate surface area is 156 Å². The zero-order valence-electron chi connectivity index (χ0n) is 14.8. The molecule has 0 saturated heterocycles. The van der Waals surface area contributed by atoms with E-state index in [1.165, 1.54) is 12.8 Å². The number of hydrogen-bond acceptors (Lipinski definition) is 4. The van der Waals surface area contributed by atoms with Gasteiger partial charge in [0.2, 0.25) is 5.88 Å². The molecule has 2 aromatic rings. The first-order valence-electron chi connectivity index (χ1n) is 8.97. The Hall–Kier alpha value is -2.70. The molecule has 1 aromatic carbocycles. The van der Waals surface area contributed by atoms with Crippen molar-refractivity contribution in [2.45, 2.75) is 32.1 Å². The van der Waals surface area contributed by atoms with Crippen LogP contribution in [0.15, 0.2) is 30.3 Å². The second-order valence-electron chi connectivity index (χ2n) is 6.56. The number of carboxylic acid groups (broad SMARTS) is 1. The van der Waals surface area contributed by atoms with E-state index in [1.54, 1.807) is 18.2 Å². The number of benzene rings is 1. The first-order valence-corrected chi connectivity index (χ1v) is 8.97. The van der Waals surface area contributed by atoms with Crippen molar-refractivity contribution in [3.05, 3.63) is 42.0 Å². The summed E-state index contributed by atoms with van der Waals surface area (Å²) in [4.78, 5) is 14.8. The van der Waals surface area contributed by atoms with E-state index in [0.29, 0.717) is 18.2 Å². The maximum Gasteiger partial charge on any atom is 0.303 e. The normalized spacial score (nSPS) is 13.4. The third-order valence-corrected chi connectivity index (χ3v) is 4.27. The van der Waals surface area contributed by atoms with Gasteiger partial charge in [-0.1, -0.05) is 18.9 Å². The molecule has 0 amide bonds. The molecule has 3 rings (SSSR count). The summed E-state index contributed by atoms with van der Waals surface area (Å²) in [5, 5.41) is 8.57. The molecule has 1 aliphatic rings. The Morgan fingerprint density at radius 1 is 1.15 bits per heavy atom. The summed E-state index contributed by atoms with van der Waals surface area (Å²) < 4.78 is 39.2. The molecule has 0 radical (unpaired) electrons. The minimum absolute atomic E-state index is 0.0813. The largest absolute Gasteiger partial charge is 0.488 e. The van der Waals surface area contributed by atoms with E-state index in [1.807, 2.05) is 0 Å². The van der Waals surface area contributed by atoms with Gasteiger partial charge in [-0.2, -0.15) is 0 Å². The molecule has 1 heterocycles. The van der Waals surface area contributed by atoms with Gasteiger partial charge in [0, 0.05) is 18.1 Å². The highest BCUT2D eigenvalue weighted by Crippen LogP contribution is 2.32. The van der Waals surface area contributed by atoms with Crippen molar-refractivity contribution < 1.29 is 28.2 Å². The third kappa shape index (κ3) is 5.64. The zero-order valence-corrected chi connectivity index (χ0v) is 14.8. The highest BCUT2D eigenvalue weighted by Gasteiger charge is 2.21. The van der Waals surface area contributed by atoms with Gasteiger partial charge in [-0.15, -0.1) is 0 Å². The smallest absolute Gasteiger partial charge is 0.303 e. The van der Waals surface area contributed by atoms with E-state index in [2.05, 4.69) is 4.98 Å². The van der Waals surface area contributed by atoms with E-state index in [0.717, 1.165) is 24.5 Å². The van der Waals surface area contributed by atoms with Crippen LogP contribution < -0.4 is 9.47 Å². The molecule has 5 nitrogen and oxygen atoms in total. The van der Waals surface area contributed by atoms with Crippen LogP contribution in [0.25, 0.3) is 11.3 Å². The van der Waals surface area contributed by atoms with Gasteiger partial charge in [0.1, 0.15) is 0 Å². The summed E-state index contributed by atoms with van der Waals surface area (Å²) >= 11 is 0.